The molecule has 0 unspecified atom stereocenters. The standard InChI is InChI=1S/C18H16FN5O2S/c1-11-2-5-13(6-3-11)24-10-21-23-18(24)27-9-16(25)22-12-4-7-15(19)14(8-12)17(20)26/h2-8,10H,9H2,1H3,(H2,20,26)(H,22,25). The fourth-order valence-electron chi connectivity index (χ4n) is 2.32. The monoisotopic (exact) mass is 385 g/mol. The summed E-state index contributed by atoms with van der Waals surface area (Å²) in [6.45, 7) is 2.00. The SMILES string of the molecule is Cc1ccc(-n2cnnc2SCC(=O)Nc2ccc(F)c(C(N)=O)c2)cc1. The van der Waals surface area contributed by atoms with Crippen molar-refractivity contribution in [3.63, 3.8) is 0 Å². The van der Waals surface area contributed by atoms with Crippen molar-refractivity contribution in [1.29, 1.82) is 0 Å². The Labute approximate surface area is 158 Å². The van der Waals surface area contributed by atoms with Crippen molar-refractivity contribution in [2.45, 2.75) is 12.1 Å². The van der Waals surface area contributed by atoms with Crippen LogP contribution in [0.25, 0.3) is 5.69 Å². The summed E-state index contributed by atoms with van der Waals surface area (Å²) in [7, 11) is 0. The Balaban J connectivity index is 1.65. The highest BCUT2D eigenvalue weighted by molar-refractivity contribution is 7.99. The fourth-order valence-corrected chi connectivity index (χ4v) is 3.05. The molecule has 1 aromatic heterocycles. The number of aromatic nitrogens is 3. The summed E-state index contributed by atoms with van der Waals surface area (Å²) in [5.41, 5.74) is 7.14. The van der Waals surface area contributed by atoms with Crippen molar-refractivity contribution < 1.29 is 14.0 Å². The van der Waals surface area contributed by atoms with Gasteiger partial charge in [0.25, 0.3) is 5.91 Å². The second-order valence-electron chi connectivity index (χ2n) is 5.71. The van der Waals surface area contributed by atoms with Crippen molar-refractivity contribution in [2.75, 3.05) is 11.1 Å². The molecule has 27 heavy (non-hydrogen) atoms. The number of hydrogen-bond donors (Lipinski definition) is 2. The molecule has 3 N–H and O–H groups in total. The largest absolute Gasteiger partial charge is 0.366 e. The number of aryl methyl sites for hydroxylation is 1. The van der Waals surface area contributed by atoms with Gasteiger partial charge in [0.1, 0.15) is 12.1 Å². The highest BCUT2D eigenvalue weighted by atomic mass is 32.2. The number of anilines is 1. The Morgan fingerprint density at radius 1 is 1.22 bits per heavy atom. The molecule has 0 saturated heterocycles. The number of carbonyl (C=O) groups excluding carboxylic acids is 2. The van der Waals surface area contributed by atoms with Crippen LogP contribution in [0, 0.1) is 12.7 Å². The van der Waals surface area contributed by atoms with E-state index in [0.29, 0.717) is 5.16 Å². The Bertz CT molecular complexity index is 988. The van der Waals surface area contributed by atoms with Gasteiger partial charge in [-0.25, -0.2) is 4.39 Å². The average Bonchev–Trinajstić information content (AvgIpc) is 3.10. The van der Waals surface area contributed by atoms with Crippen LogP contribution < -0.4 is 11.1 Å². The summed E-state index contributed by atoms with van der Waals surface area (Å²) in [4.78, 5) is 23.3. The van der Waals surface area contributed by atoms with E-state index in [1.54, 1.807) is 10.9 Å². The van der Waals surface area contributed by atoms with Crippen molar-refractivity contribution in [3.05, 3.63) is 65.7 Å². The molecule has 7 nitrogen and oxygen atoms in total. The van der Waals surface area contributed by atoms with Crippen LogP contribution in [-0.2, 0) is 4.79 Å². The molecule has 0 aliphatic heterocycles. The number of amides is 2. The summed E-state index contributed by atoms with van der Waals surface area (Å²) in [5, 5.41) is 11.1. The van der Waals surface area contributed by atoms with Gasteiger partial charge < -0.3 is 11.1 Å². The third-order valence-corrected chi connectivity index (χ3v) is 4.62. The van der Waals surface area contributed by atoms with Gasteiger partial charge in [0.2, 0.25) is 5.91 Å². The zero-order valence-electron chi connectivity index (χ0n) is 14.3. The zero-order valence-corrected chi connectivity index (χ0v) is 15.2. The maximum absolute atomic E-state index is 13.5. The van der Waals surface area contributed by atoms with Gasteiger partial charge in [-0.2, -0.15) is 0 Å². The van der Waals surface area contributed by atoms with E-state index >= 15 is 0 Å². The number of halogens is 1. The lowest BCUT2D eigenvalue weighted by Crippen LogP contribution is -2.17. The van der Waals surface area contributed by atoms with Crippen LogP contribution in [0.4, 0.5) is 10.1 Å². The summed E-state index contributed by atoms with van der Waals surface area (Å²) < 4.78 is 15.3. The summed E-state index contributed by atoms with van der Waals surface area (Å²) in [6, 6.07) is 11.5. The van der Waals surface area contributed by atoms with E-state index in [2.05, 4.69) is 15.5 Å². The van der Waals surface area contributed by atoms with E-state index in [9.17, 15) is 14.0 Å². The van der Waals surface area contributed by atoms with Gasteiger partial charge in [0.05, 0.1) is 11.3 Å². The number of nitrogens with zero attached hydrogens (tertiary/aromatic N) is 3. The first kappa shape index (κ1) is 18.6. The van der Waals surface area contributed by atoms with Gasteiger partial charge in [-0.3, -0.25) is 14.2 Å². The van der Waals surface area contributed by atoms with Crippen molar-refractivity contribution in [3.8, 4) is 5.69 Å². The molecule has 3 aromatic rings. The van der Waals surface area contributed by atoms with Gasteiger partial charge in [-0.05, 0) is 37.3 Å². The molecule has 0 bridgehead atoms. The Morgan fingerprint density at radius 2 is 1.96 bits per heavy atom. The number of hydrogen-bond acceptors (Lipinski definition) is 5. The Hall–Kier alpha value is -3.20. The molecule has 0 saturated carbocycles. The van der Waals surface area contributed by atoms with Crippen LogP contribution in [0.2, 0.25) is 0 Å². The molecule has 9 heteroatoms. The number of benzene rings is 2. The molecule has 0 aliphatic rings. The van der Waals surface area contributed by atoms with Crippen LogP contribution in [0.3, 0.4) is 0 Å². The topological polar surface area (TPSA) is 103 Å². The van der Waals surface area contributed by atoms with Crippen LogP contribution in [0.5, 0.6) is 0 Å². The number of nitrogens with two attached hydrogens (primary N) is 1. The molecule has 0 fully saturated rings. The van der Waals surface area contributed by atoms with E-state index in [-0.39, 0.29) is 22.9 Å². The fraction of sp³-hybridized carbons (Fsp3) is 0.111. The molecule has 138 valence electrons. The average molecular weight is 385 g/mol. The van der Waals surface area contributed by atoms with Crippen LogP contribution in [0.15, 0.2) is 53.9 Å². The first-order valence-electron chi connectivity index (χ1n) is 7.93. The number of carbonyl (C=O) groups is 2. The smallest absolute Gasteiger partial charge is 0.251 e. The van der Waals surface area contributed by atoms with E-state index in [1.165, 1.54) is 23.9 Å². The molecule has 0 aliphatic carbocycles. The third-order valence-electron chi connectivity index (χ3n) is 3.68. The van der Waals surface area contributed by atoms with Gasteiger partial charge in [-0.1, -0.05) is 29.5 Å². The number of thioether (sulfide) groups is 1. The molecular formula is C18H16FN5O2S. The zero-order chi connectivity index (χ0) is 19.4. The lowest BCUT2D eigenvalue weighted by molar-refractivity contribution is -0.113. The summed E-state index contributed by atoms with van der Waals surface area (Å²) in [6.07, 6.45) is 1.57. The predicted octanol–water partition coefficient (Wildman–Crippen LogP) is 2.54. The van der Waals surface area contributed by atoms with E-state index in [0.717, 1.165) is 17.3 Å². The summed E-state index contributed by atoms with van der Waals surface area (Å²) in [5.74, 6) is -1.90. The second kappa shape index (κ2) is 8.00. The normalized spacial score (nSPS) is 10.6. The second-order valence-corrected chi connectivity index (χ2v) is 6.66. The highest BCUT2D eigenvalue weighted by Crippen LogP contribution is 2.20. The van der Waals surface area contributed by atoms with Crippen LogP contribution >= 0.6 is 11.8 Å². The van der Waals surface area contributed by atoms with E-state index < -0.39 is 11.7 Å². The number of primary amides is 1. The molecule has 1 heterocycles. The first-order valence-corrected chi connectivity index (χ1v) is 8.91. The van der Waals surface area contributed by atoms with Crippen LogP contribution in [0.1, 0.15) is 15.9 Å². The molecule has 2 aromatic carbocycles. The van der Waals surface area contributed by atoms with Gasteiger partial charge in [0, 0.05) is 11.4 Å². The van der Waals surface area contributed by atoms with E-state index in [1.807, 2.05) is 31.2 Å². The molecule has 0 atom stereocenters. The third kappa shape index (κ3) is 4.50. The van der Waals surface area contributed by atoms with Crippen molar-refractivity contribution in [2.24, 2.45) is 5.73 Å². The van der Waals surface area contributed by atoms with Crippen LogP contribution in [-0.4, -0.2) is 32.3 Å². The molecule has 3 rings (SSSR count). The minimum atomic E-state index is -0.899. The Kier molecular flexibility index (Phi) is 5.51. The van der Waals surface area contributed by atoms with Crippen molar-refractivity contribution in [1.82, 2.24) is 14.8 Å². The minimum absolute atomic E-state index is 0.0633. The van der Waals surface area contributed by atoms with E-state index in [4.69, 9.17) is 5.73 Å². The highest BCUT2D eigenvalue weighted by Gasteiger charge is 2.13. The quantitative estimate of drug-likeness (QED) is 0.635. The molecule has 0 spiro atoms. The minimum Gasteiger partial charge on any atom is -0.366 e. The van der Waals surface area contributed by atoms with Gasteiger partial charge in [-0.15, -0.1) is 10.2 Å². The maximum atomic E-state index is 13.5. The lowest BCUT2D eigenvalue weighted by atomic mass is 10.2. The molecule has 0 radical (unpaired) electrons. The Morgan fingerprint density at radius 3 is 2.67 bits per heavy atom. The number of rotatable bonds is 6. The maximum Gasteiger partial charge on any atom is 0.251 e. The number of nitrogens with one attached hydrogen (secondary N) is 1. The van der Waals surface area contributed by atoms with Crippen molar-refractivity contribution >= 4 is 29.3 Å². The first-order chi connectivity index (χ1) is 12.9. The predicted molar refractivity (Wildman–Crippen MR) is 100 cm³/mol. The van der Waals surface area contributed by atoms with Gasteiger partial charge in [0.15, 0.2) is 5.16 Å². The lowest BCUT2D eigenvalue weighted by Gasteiger charge is -2.08. The molecular weight excluding hydrogens is 369 g/mol. The van der Waals surface area contributed by atoms with Gasteiger partial charge >= 0.3 is 0 Å². The summed E-state index contributed by atoms with van der Waals surface area (Å²) >= 11 is 1.21. The molecule has 2 amide bonds.